The number of aliphatic carboxylic acids is 1. The van der Waals surface area contributed by atoms with Gasteiger partial charge in [0.2, 0.25) is 0 Å². The van der Waals surface area contributed by atoms with E-state index < -0.39 is 11.8 Å². The summed E-state index contributed by atoms with van der Waals surface area (Å²) in [5.41, 5.74) is 1.99. The number of pyridine rings is 2. The molecule has 4 rings (SSSR count). The van der Waals surface area contributed by atoms with E-state index in [0.29, 0.717) is 22.1 Å². The maximum absolute atomic E-state index is 13.6. The van der Waals surface area contributed by atoms with Gasteiger partial charge < -0.3 is 9.67 Å². The number of carboxylic acids is 1. The Labute approximate surface area is 147 Å². The van der Waals surface area contributed by atoms with Crippen molar-refractivity contribution >= 4 is 27.8 Å². The molecule has 5 nitrogen and oxygen atoms in total. The van der Waals surface area contributed by atoms with Gasteiger partial charge in [-0.3, -0.25) is 14.6 Å². The van der Waals surface area contributed by atoms with Crippen molar-refractivity contribution in [2.24, 2.45) is 0 Å². The zero-order valence-electron chi connectivity index (χ0n) is 13.5. The first-order valence-corrected chi connectivity index (χ1v) is 7.93. The van der Waals surface area contributed by atoms with Gasteiger partial charge in [-0.1, -0.05) is 12.1 Å². The Morgan fingerprint density at radius 1 is 1.04 bits per heavy atom. The SMILES string of the molecule is O=C(O)Cn1c2ccc(F)cc2c(=O)c2ccc(-c3ccccn3)cc21. The lowest BCUT2D eigenvalue weighted by Crippen LogP contribution is -2.16. The number of fused-ring (bicyclic) bond motifs is 2. The molecule has 0 bridgehead atoms. The maximum Gasteiger partial charge on any atom is 0.323 e. The van der Waals surface area contributed by atoms with Gasteiger partial charge >= 0.3 is 5.97 Å². The lowest BCUT2D eigenvalue weighted by Gasteiger charge is -2.14. The minimum atomic E-state index is -1.05. The van der Waals surface area contributed by atoms with Crippen LogP contribution < -0.4 is 5.43 Å². The summed E-state index contributed by atoms with van der Waals surface area (Å²) < 4.78 is 15.1. The van der Waals surface area contributed by atoms with Crippen LogP contribution in [0.1, 0.15) is 0 Å². The number of carboxylic acid groups (broad SMARTS) is 1. The normalized spacial score (nSPS) is 11.1. The van der Waals surface area contributed by atoms with Crippen LogP contribution in [0.25, 0.3) is 33.1 Å². The quantitative estimate of drug-likeness (QED) is 0.576. The Hall–Kier alpha value is -3.54. The summed E-state index contributed by atoms with van der Waals surface area (Å²) in [6.45, 7) is -0.343. The Morgan fingerprint density at radius 3 is 2.62 bits per heavy atom. The van der Waals surface area contributed by atoms with Crippen molar-refractivity contribution in [3.8, 4) is 11.3 Å². The molecule has 0 aliphatic heterocycles. The van der Waals surface area contributed by atoms with Crippen molar-refractivity contribution < 1.29 is 14.3 Å². The van der Waals surface area contributed by atoms with Crippen molar-refractivity contribution in [2.45, 2.75) is 6.54 Å². The molecule has 0 atom stereocenters. The summed E-state index contributed by atoms with van der Waals surface area (Å²) in [6.07, 6.45) is 1.66. The predicted octanol–water partition coefficient (Wildman–Crippen LogP) is 3.44. The summed E-state index contributed by atoms with van der Waals surface area (Å²) in [5, 5.41) is 9.80. The van der Waals surface area contributed by atoms with E-state index in [1.165, 1.54) is 16.7 Å². The van der Waals surface area contributed by atoms with Gasteiger partial charge in [-0.15, -0.1) is 0 Å². The van der Waals surface area contributed by atoms with Gasteiger partial charge in [-0.25, -0.2) is 4.39 Å². The van der Waals surface area contributed by atoms with E-state index in [2.05, 4.69) is 4.98 Å². The molecule has 0 aliphatic carbocycles. The third-order valence-corrected chi connectivity index (χ3v) is 4.28. The molecule has 0 saturated carbocycles. The third-order valence-electron chi connectivity index (χ3n) is 4.28. The van der Waals surface area contributed by atoms with Gasteiger partial charge in [0.05, 0.1) is 16.7 Å². The van der Waals surface area contributed by atoms with E-state index in [9.17, 15) is 19.1 Å². The largest absolute Gasteiger partial charge is 0.480 e. The molecule has 128 valence electrons. The molecular weight excluding hydrogens is 335 g/mol. The first-order valence-electron chi connectivity index (χ1n) is 7.93. The summed E-state index contributed by atoms with van der Waals surface area (Å²) in [4.78, 5) is 28.4. The molecule has 0 radical (unpaired) electrons. The standard InChI is InChI=1S/C20H13FN2O3/c21-13-5-7-17-15(10-13)20(26)14-6-4-12(16-3-1-2-8-22-16)9-18(14)23(17)11-19(24)25/h1-10H,11H2,(H,24,25). The fourth-order valence-corrected chi connectivity index (χ4v) is 3.15. The van der Waals surface area contributed by atoms with Gasteiger partial charge in [0, 0.05) is 22.5 Å². The fraction of sp³-hybridized carbons (Fsp3) is 0.0500. The zero-order chi connectivity index (χ0) is 18.3. The molecule has 0 spiro atoms. The van der Waals surface area contributed by atoms with Crippen LogP contribution in [0, 0.1) is 5.82 Å². The van der Waals surface area contributed by atoms with Crippen molar-refractivity contribution in [3.63, 3.8) is 0 Å². The van der Waals surface area contributed by atoms with Crippen LogP contribution in [-0.4, -0.2) is 20.6 Å². The summed E-state index contributed by atoms with van der Waals surface area (Å²) >= 11 is 0. The topological polar surface area (TPSA) is 72.2 Å². The molecule has 26 heavy (non-hydrogen) atoms. The van der Waals surface area contributed by atoms with Gasteiger partial charge in [0.25, 0.3) is 0 Å². The van der Waals surface area contributed by atoms with Crippen LogP contribution >= 0.6 is 0 Å². The van der Waals surface area contributed by atoms with Crippen molar-refractivity contribution in [1.82, 2.24) is 9.55 Å². The minimum Gasteiger partial charge on any atom is -0.480 e. The van der Waals surface area contributed by atoms with Gasteiger partial charge in [-0.05, 0) is 42.5 Å². The van der Waals surface area contributed by atoms with Crippen LogP contribution in [-0.2, 0) is 11.3 Å². The highest BCUT2D eigenvalue weighted by molar-refractivity contribution is 5.96. The molecule has 0 amide bonds. The van der Waals surface area contributed by atoms with E-state index in [1.807, 2.05) is 12.1 Å². The highest BCUT2D eigenvalue weighted by Crippen LogP contribution is 2.25. The molecular formula is C20H13FN2O3. The van der Waals surface area contributed by atoms with E-state index in [4.69, 9.17) is 0 Å². The summed E-state index contributed by atoms with van der Waals surface area (Å²) in [5.74, 6) is -1.59. The van der Waals surface area contributed by atoms with Crippen molar-refractivity contribution in [1.29, 1.82) is 0 Å². The highest BCUT2D eigenvalue weighted by Gasteiger charge is 2.14. The highest BCUT2D eigenvalue weighted by atomic mass is 19.1. The van der Waals surface area contributed by atoms with E-state index in [-0.39, 0.29) is 17.4 Å². The van der Waals surface area contributed by atoms with Crippen LogP contribution in [0.3, 0.4) is 0 Å². The monoisotopic (exact) mass is 348 g/mol. The second-order valence-electron chi connectivity index (χ2n) is 5.92. The summed E-state index contributed by atoms with van der Waals surface area (Å²) in [7, 11) is 0. The summed E-state index contributed by atoms with van der Waals surface area (Å²) in [6, 6.07) is 14.4. The van der Waals surface area contributed by atoms with Gasteiger partial charge in [-0.2, -0.15) is 0 Å². The minimum absolute atomic E-state index is 0.157. The molecule has 6 heteroatoms. The van der Waals surface area contributed by atoms with Crippen LogP contribution in [0.5, 0.6) is 0 Å². The zero-order valence-corrected chi connectivity index (χ0v) is 13.5. The lowest BCUT2D eigenvalue weighted by atomic mass is 10.0. The van der Waals surface area contributed by atoms with Crippen LogP contribution in [0.4, 0.5) is 4.39 Å². The number of carbonyl (C=O) groups is 1. The number of rotatable bonds is 3. The lowest BCUT2D eigenvalue weighted by molar-refractivity contribution is -0.137. The van der Waals surface area contributed by atoms with E-state index in [1.54, 1.807) is 30.5 Å². The molecule has 2 heterocycles. The molecule has 0 fully saturated rings. The Morgan fingerprint density at radius 2 is 1.88 bits per heavy atom. The van der Waals surface area contributed by atoms with Gasteiger partial charge in [0.1, 0.15) is 12.4 Å². The molecule has 0 saturated heterocycles. The van der Waals surface area contributed by atoms with E-state index in [0.717, 1.165) is 11.6 Å². The molecule has 0 aliphatic rings. The first kappa shape index (κ1) is 16.0. The number of halogens is 1. The van der Waals surface area contributed by atoms with Crippen LogP contribution in [0.15, 0.2) is 65.6 Å². The third kappa shape index (κ3) is 2.61. The fourth-order valence-electron chi connectivity index (χ4n) is 3.15. The van der Waals surface area contributed by atoms with Crippen molar-refractivity contribution in [2.75, 3.05) is 0 Å². The number of hydrogen-bond donors (Lipinski definition) is 1. The van der Waals surface area contributed by atoms with Crippen molar-refractivity contribution in [3.05, 3.63) is 76.8 Å². The smallest absolute Gasteiger partial charge is 0.323 e. The maximum atomic E-state index is 13.6. The average Bonchev–Trinajstić information content (AvgIpc) is 2.65. The number of aromatic nitrogens is 2. The Balaban J connectivity index is 2.12. The molecule has 2 aromatic heterocycles. The Kier molecular flexibility index (Phi) is 3.73. The second-order valence-corrected chi connectivity index (χ2v) is 5.92. The first-order chi connectivity index (χ1) is 12.5. The second kappa shape index (κ2) is 6.07. The van der Waals surface area contributed by atoms with E-state index >= 15 is 0 Å². The molecule has 0 unspecified atom stereocenters. The number of nitrogens with zero attached hydrogens (tertiary/aromatic N) is 2. The Bertz CT molecular complexity index is 1220. The predicted molar refractivity (Wildman–Crippen MR) is 96.5 cm³/mol. The van der Waals surface area contributed by atoms with Crippen LogP contribution in [0.2, 0.25) is 0 Å². The van der Waals surface area contributed by atoms with Gasteiger partial charge in [0.15, 0.2) is 5.43 Å². The molecule has 1 N–H and O–H groups in total. The molecule has 2 aromatic carbocycles. The molecule has 4 aromatic rings. The average molecular weight is 348 g/mol. The number of hydrogen-bond acceptors (Lipinski definition) is 3. The number of benzene rings is 2.